The summed E-state index contributed by atoms with van der Waals surface area (Å²) >= 11 is 0. The number of benzene rings is 2. The zero-order valence-electron chi connectivity index (χ0n) is 22.2. The molecule has 0 radical (unpaired) electrons. The van der Waals surface area contributed by atoms with E-state index in [4.69, 9.17) is 0 Å². The molecule has 0 unspecified atom stereocenters. The Morgan fingerprint density at radius 3 is 1.90 bits per heavy atom. The third kappa shape index (κ3) is 9.08. The Kier molecular flexibility index (Phi) is 10.7. The van der Waals surface area contributed by atoms with Gasteiger partial charge in [0.1, 0.15) is 6.33 Å². The lowest BCUT2D eigenvalue weighted by atomic mass is 10.0. The number of urea groups is 1. The van der Waals surface area contributed by atoms with Gasteiger partial charge in [0.05, 0.1) is 0 Å². The van der Waals surface area contributed by atoms with Gasteiger partial charge in [-0.1, -0.05) is 60.7 Å². The summed E-state index contributed by atoms with van der Waals surface area (Å²) in [6.45, 7) is 5.91. The largest absolute Gasteiger partial charge is 0.343 e. The Bertz CT molecular complexity index is 1180. The highest BCUT2D eigenvalue weighted by Gasteiger charge is 2.22. The predicted octanol–water partition coefficient (Wildman–Crippen LogP) is 2.02. The molecule has 3 aromatic rings. The van der Waals surface area contributed by atoms with Crippen molar-refractivity contribution in [1.29, 1.82) is 0 Å². The summed E-state index contributed by atoms with van der Waals surface area (Å²) in [4.78, 5) is 37.8. The molecule has 0 saturated carbocycles. The van der Waals surface area contributed by atoms with Gasteiger partial charge >= 0.3 is 11.7 Å². The van der Waals surface area contributed by atoms with Crippen LogP contribution in [0.4, 0.5) is 4.79 Å². The maximum absolute atomic E-state index is 11.5. The predicted molar refractivity (Wildman–Crippen MR) is 148 cm³/mol. The third-order valence-electron chi connectivity index (χ3n) is 7.19. The second-order valence-electron chi connectivity index (χ2n) is 9.96. The number of aromatic nitrogens is 3. The zero-order valence-corrected chi connectivity index (χ0v) is 22.2. The molecule has 2 saturated heterocycles. The van der Waals surface area contributed by atoms with E-state index >= 15 is 0 Å². The van der Waals surface area contributed by atoms with Crippen LogP contribution in [-0.4, -0.2) is 69.2 Å². The monoisotopic (exact) mass is 534 g/mol. The summed E-state index contributed by atoms with van der Waals surface area (Å²) in [5.74, 6) is 0. The second-order valence-corrected chi connectivity index (χ2v) is 9.96. The number of nitrogens with zero attached hydrogens (tertiary/aromatic N) is 4. The van der Waals surface area contributed by atoms with Crippen LogP contribution in [0.15, 0.2) is 71.8 Å². The van der Waals surface area contributed by atoms with E-state index in [2.05, 4.69) is 72.6 Å². The minimum absolute atomic E-state index is 0.0958. The van der Waals surface area contributed by atoms with Crippen molar-refractivity contribution in [2.45, 2.75) is 50.9 Å². The topological polar surface area (TPSA) is 127 Å². The fourth-order valence-corrected chi connectivity index (χ4v) is 5.11. The van der Waals surface area contributed by atoms with Gasteiger partial charge in [0.15, 0.2) is 0 Å². The molecule has 208 valence electrons. The van der Waals surface area contributed by atoms with Crippen LogP contribution in [-0.2, 0) is 17.9 Å². The van der Waals surface area contributed by atoms with Crippen molar-refractivity contribution in [2.75, 3.05) is 26.2 Å². The Labute approximate surface area is 228 Å². The first-order valence-electron chi connectivity index (χ1n) is 13.5. The number of hydrogen-bond donors (Lipinski definition) is 4. The average Bonchev–Trinajstić information content (AvgIpc) is 3.40. The fraction of sp³-hybridized carbons (Fsp3) is 0.429. The first kappa shape index (κ1) is 28.1. The molecule has 0 aliphatic carbocycles. The number of likely N-dealkylation sites (tertiary alicyclic amines) is 2. The van der Waals surface area contributed by atoms with Gasteiger partial charge in [0, 0.05) is 51.4 Å². The van der Waals surface area contributed by atoms with Crippen molar-refractivity contribution < 1.29 is 9.59 Å². The summed E-state index contributed by atoms with van der Waals surface area (Å²) in [6, 6.07) is 21.0. The highest BCUT2D eigenvalue weighted by molar-refractivity contribution is 5.75. The average molecular weight is 535 g/mol. The molecule has 0 bridgehead atoms. The first-order valence-corrected chi connectivity index (χ1v) is 13.5. The van der Waals surface area contributed by atoms with Gasteiger partial charge in [-0.3, -0.25) is 24.6 Å². The van der Waals surface area contributed by atoms with E-state index in [9.17, 15) is 14.4 Å². The molecule has 5 rings (SSSR count). The lowest BCUT2D eigenvalue weighted by Gasteiger charge is -2.32. The molecule has 3 heterocycles. The summed E-state index contributed by atoms with van der Waals surface area (Å²) in [6.07, 6.45) is 5.89. The number of rotatable bonds is 8. The molecule has 1 aromatic heterocycles. The molecule has 11 heteroatoms. The molecule has 2 aromatic carbocycles. The van der Waals surface area contributed by atoms with E-state index in [0.29, 0.717) is 12.5 Å². The fourth-order valence-electron chi connectivity index (χ4n) is 5.11. The molecular formula is C28H38N8O3. The summed E-state index contributed by atoms with van der Waals surface area (Å²) in [5.41, 5.74) is 6.94. The van der Waals surface area contributed by atoms with Crippen LogP contribution in [0, 0.1) is 0 Å². The van der Waals surface area contributed by atoms with Gasteiger partial charge in [-0.05, 0) is 36.8 Å². The van der Waals surface area contributed by atoms with Gasteiger partial charge < -0.3 is 5.32 Å². The van der Waals surface area contributed by atoms with Crippen molar-refractivity contribution in [1.82, 2.24) is 40.7 Å². The summed E-state index contributed by atoms with van der Waals surface area (Å²) in [5, 5.41) is 9.10. The molecule has 4 N–H and O–H groups in total. The Morgan fingerprint density at radius 2 is 1.41 bits per heavy atom. The number of piperidine rings is 2. The Hall–Kier alpha value is -3.96. The molecule has 0 atom stereocenters. The number of nitrogens with one attached hydrogen (secondary N) is 4. The lowest BCUT2D eigenvalue weighted by Crippen LogP contribution is -2.50. The van der Waals surface area contributed by atoms with Crippen LogP contribution < -0.4 is 21.9 Å². The van der Waals surface area contributed by atoms with Crippen LogP contribution in [0.1, 0.15) is 42.9 Å². The van der Waals surface area contributed by atoms with Crippen molar-refractivity contribution >= 4 is 12.4 Å². The van der Waals surface area contributed by atoms with E-state index in [1.165, 1.54) is 11.1 Å². The standard InChI is InChI=1S/C14H20N4O2.C14H18N4O/c19-11-15-17-14(20)16-13-6-8-18(9-7-13)10-12-4-2-1-3-5-12;19-14-16-15-11-18(14)13-6-8-17(9-7-13)10-12-4-2-1-3-5-12/h1-5,11,13H,6-10H2,(H,15,19)(H2,16,17,20);1-5,11,13H,6-10H2,(H,16,19). The number of amides is 3. The third-order valence-corrected chi connectivity index (χ3v) is 7.19. The lowest BCUT2D eigenvalue weighted by molar-refractivity contribution is -0.110. The van der Waals surface area contributed by atoms with Gasteiger partial charge in [-0.15, -0.1) is 0 Å². The molecule has 2 fully saturated rings. The molecule has 2 aliphatic heterocycles. The van der Waals surface area contributed by atoms with Gasteiger partial charge in [-0.25, -0.2) is 20.1 Å². The molecule has 2 aliphatic rings. The van der Waals surface area contributed by atoms with Gasteiger partial charge in [0.2, 0.25) is 6.41 Å². The van der Waals surface area contributed by atoms with E-state index in [1.54, 1.807) is 10.9 Å². The van der Waals surface area contributed by atoms with Crippen LogP contribution >= 0.6 is 0 Å². The first-order chi connectivity index (χ1) is 19.1. The SMILES string of the molecule is O=CNNC(=O)NC1CCN(Cc2ccccc2)CC1.O=c1[nH]ncn1C1CCN(Cc2ccccc2)CC1. The molecular weight excluding hydrogens is 496 g/mol. The van der Waals surface area contributed by atoms with Crippen molar-refractivity contribution in [3.05, 3.63) is 88.6 Å². The molecule has 11 nitrogen and oxygen atoms in total. The minimum atomic E-state index is -0.362. The van der Waals surface area contributed by atoms with E-state index < -0.39 is 0 Å². The van der Waals surface area contributed by atoms with Crippen molar-refractivity contribution in [3.63, 3.8) is 0 Å². The summed E-state index contributed by atoms with van der Waals surface area (Å²) < 4.78 is 1.72. The highest BCUT2D eigenvalue weighted by Crippen LogP contribution is 2.21. The van der Waals surface area contributed by atoms with Crippen LogP contribution in [0.3, 0.4) is 0 Å². The van der Waals surface area contributed by atoms with Gasteiger partial charge in [0.25, 0.3) is 0 Å². The zero-order chi connectivity index (χ0) is 27.3. The Balaban J connectivity index is 0.000000181. The van der Waals surface area contributed by atoms with Crippen molar-refractivity contribution in [2.24, 2.45) is 0 Å². The maximum Gasteiger partial charge on any atom is 0.343 e. The van der Waals surface area contributed by atoms with E-state index in [1.807, 2.05) is 24.3 Å². The van der Waals surface area contributed by atoms with Crippen LogP contribution in [0.5, 0.6) is 0 Å². The highest BCUT2D eigenvalue weighted by atomic mass is 16.2. The smallest absolute Gasteiger partial charge is 0.334 e. The Morgan fingerprint density at radius 1 is 0.872 bits per heavy atom. The number of hydrogen-bond acceptors (Lipinski definition) is 6. The number of carbonyl (C=O) groups is 2. The van der Waals surface area contributed by atoms with E-state index in [-0.39, 0.29) is 17.8 Å². The van der Waals surface area contributed by atoms with Crippen LogP contribution in [0.2, 0.25) is 0 Å². The minimum Gasteiger partial charge on any atom is -0.334 e. The molecule has 3 amide bonds. The maximum atomic E-state index is 11.5. The summed E-state index contributed by atoms with van der Waals surface area (Å²) in [7, 11) is 0. The second kappa shape index (κ2) is 14.8. The number of carbonyl (C=O) groups excluding carboxylic acids is 2. The number of aromatic amines is 1. The van der Waals surface area contributed by atoms with Crippen molar-refractivity contribution in [3.8, 4) is 0 Å². The molecule has 39 heavy (non-hydrogen) atoms. The normalized spacial score (nSPS) is 17.0. The quantitative estimate of drug-likeness (QED) is 0.259. The number of hydrazine groups is 1. The van der Waals surface area contributed by atoms with Crippen LogP contribution in [0.25, 0.3) is 0 Å². The van der Waals surface area contributed by atoms with E-state index in [0.717, 1.165) is 65.0 Å². The molecule has 0 spiro atoms. The number of H-pyrrole nitrogens is 1. The van der Waals surface area contributed by atoms with Gasteiger partial charge in [-0.2, -0.15) is 5.10 Å².